The second-order valence-corrected chi connectivity index (χ2v) is 4.38. The maximum Gasteiger partial charge on any atom is 0.261 e. The van der Waals surface area contributed by atoms with Crippen LogP contribution in [0.25, 0.3) is 0 Å². The number of carbonyl (C=O) groups is 2. The van der Waals surface area contributed by atoms with E-state index in [9.17, 15) is 9.59 Å². The zero-order chi connectivity index (χ0) is 11.0. The molecule has 2 amide bonds. The summed E-state index contributed by atoms with van der Waals surface area (Å²) >= 11 is 3.14. The molecule has 1 aliphatic rings. The van der Waals surface area contributed by atoms with E-state index in [1.165, 1.54) is 4.90 Å². The Kier molecular flexibility index (Phi) is 2.44. The van der Waals surface area contributed by atoms with Crippen LogP contribution in [0.4, 0.5) is 0 Å². The predicted octanol–water partition coefficient (Wildman–Crippen LogP) is 2.19. The Labute approximate surface area is 95.5 Å². The van der Waals surface area contributed by atoms with E-state index in [-0.39, 0.29) is 18.4 Å². The van der Waals surface area contributed by atoms with Gasteiger partial charge in [0.1, 0.15) is 0 Å². The molecule has 4 heteroatoms. The second-order valence-electron chi connectivity index (χ2n) is 3.26. The number of nitrogens with zero attached hydrogens (tertiary/aromatic N) is 1. The molecule has 0 aromatic heterocycles. The van der Waals surface area contributed by atoms with E-state index in [0.717, 1.165) is 0 Å². The summed E-state index contributed by atoms with van der Waals surface area (Å²) < 4.78 is 0.608. The van der Waals surface area contributed by atoms with Gasteiger partial charge in [-0.2, -0.15) is 0 Å². The highest BCUT2D eigenvalue weighted by Crippen LogP contribution is 2.23. The number of hydrogen-bond donors (Lipinski definition) is 0. The Morgan fingerprint density at radius 2 is 1.67 bits per heavy atom. The van der Waals surface area contributed by atoms with Crippen molar-refractivity contribution in [2.45, 2.75) is 0 Å². The Bertz CT molecular complexity index is 432. The van der Waals surface area contributed by atoms with Gasteiger partial charge in [0.05, 0.1) is 17.7 Å². The Balaban J connectivity index is 2.41. The Morgan fingerprint density at radius 3 is 2.07 bits per heavy atom. The van der Waals surface area contributed by atoms with E-state index in [1.54, 1.807) is 24.3 Å². The number of imide groups is 1. The van der Waals surface area contributed by atoms with Gasteiger partial charge in [-0.1, -0.05) is 34.6 Å². The first-order valence-electron chi connectivity index (χ1n) is 4.40. The smallest absolute Gasteiger partial charge is 0.261 e. The molecule has 0 N–H and O–H groups in total. The lowest BCUT2D eigenvalue weighted by Gasteiger charge is -2.11. The predicted molar refractivity (Wildman–Crippen MR) is 59.9 cm³/mol. The summed E-state index contributed by atoms with van der Waals surface area (Å²) in [7, 11) is 0. The average Bonchev–Trinajstić information content (AvgIpc) is 2.44. The highest BCUT2D eigenvalue weighted by atomic mass is 79.9. The third-order valence-electron chi connectivity index (χ3n) is 2.21. The van der Waals surface area contributed by atoms with Gasteiger partial charge in [0.2, 0.25) is 0 Å². The molecule has 0 aliphatic carbocycles. The van der Waals surface area contributed by atoms with Crippen LogP contribution < -0.4 is 0 Å². The number of fused-ring (bicyclic) bond motifs is 1. The molecule has 1 heterocycles. The average molecular weight is 266 g/mol. The van der Waals surface area contributed by atoms with Gasteiger partial charge in [-0.25, -0.2) is 0 Å². The van der Waals surface area contributed by atoms with Crippen LogP contribution in [0.15, 0.2) is 35.3 Å². The first-order valence-corrected chi connectivity index (χ1v) is 5.19. The lowest BCUT2D eigenvalue weighted by molar-refractivity contribution is 0.0671. The minimum atomic E-state index is -0.254. The van der Waals surface area contributed by atoms with Crippen molar-refractivity contribution in [2.24, 2.45) is 0 Å². The van der Waals surface area contributed by atoms with Crippen LogP contribution in [0, 0.1) is 0 Å². The van der Waals surface area contributed by atoms with Gasteiger partial charge >= 0.3 is 0 Å². The summed E-state index contributed by atoms with van der Waals surface area (Å²) in [5.74, 6) is -0.507. The number of hydrogen-bond acceptors (Lipinski definition) is 2. The van der Waals surface area contributed by atoms with Gasteiger partial charge in [0.15, 0.2) is 0 Å². The highest BCUT2D eigenvalue weighted by molar-refractivity contribution is 9.11. The summed E-state index contributed by atoms with van der Waals surface area (Å²) in [6.07, 6.45) is 0. The van der Waals surface area contributed by atoms with Crippen molar-refractivity contribution in [2.75, 3.05) is 6.54 Å². The molecule has 2 rings (SSSR count). The fraction of sp³-hybridized carbons (Fsp3) is 0.0909. The fourth-order valence-corrected chi connectivity index (χ4v) is 1.81. The fourth-order valence-electron chi connectivity index (χ4n) is 1.55. The van der Waals surface area contributed by atoms with Crippen LogP contribution in [0.1, 0.15) is 20.7 Å². The first-order chi connectivity index (χ1) is 7.11. The summed E-state index contributed by atoms with van der Waals surface area (Å²) in [5, 5.41) is 0. The molecule has 0 saturated carbocycles. The number of halogens is 1. The molecule has 0 unspecified atom stereocenters. The third-order valence-corrected chi connectivity index (χ3v) is 2.46. The topological polar surface area (TPSA) is 37.4 Å². The molecule has 1 aromatic carbocycles. The third kappa shape index (κ3) is 1.61. The summed E-state index contributed by atoms with van der Waals surface area (Å²) in [5.41, 5.74) is 0.938. The molecule has 0 bridgehead atoms. The van der Waals surface area contributed by atoms with Crippen molar-refractivity contribution in [1.82, 2.24) is 4.90 Å². The van der Waals surface area contributed by atoms with Crippen molar-refractivity contribution >= 4 is 27.7 Å². The van der Waals surface area contributed by atoms with E-state index in [4.69, 9.17) is 0 Å². The monoisotopic (exact) mass is 265 g/mol. The van der Waals surface area contributed by atoms with Gasteiger partial charge in [-0.15, -0.1) is 0 Å². The molecule has 76 valence electrons. The number of amides is 2. The first kappa shape index (κ1) is 10.1. The minimum absolute atomic E-state index is 0.215. The van der Waals surface area contributed by atoms with Gasteiger partial charge in [0.25, 0.3) is 11.8 Å². The lowest BCUT2D eigenvalue weighted by Crippen LogP contribution is -2.30. The van der Waals surface area contributed by atoms with Gasteiger partial charge in [-0.05, 0) is 12.1 Å². The second kappa shape index (κ2) is 3.62. The van der Waals surface area contributed by atoms with E-state index in [1.807, 2.05) is 0 Å². The molecule has 0 radical (unpaired) electrons. The van der Waals surface area contributed by atoms with Crippen LogP contribution in [0.5, 0.6) is 0 Å². The van der Waals surface area contributed by atoms with Crippen molar-refractivity contribution in [1.29, 1.82) is 0 Å². The van der Waals surface area contributed by atoms with E-state index in [0.29, 0.717) is 15.6 Å². The molecule has 1 aliphatic heterocycles. The zero-order valence-corrected chi connectivity index (χ0v) is 9.45. The SMILES string of the molecule is C=C(Br)CN1C(=O)c2ccccc2C1=O. The van der Waals surface area contributed by atoms with Crippen molar-refractivity contribution in [3.63, 3.8) is 0 Å². The summed E-state index contributed by atoms with van der Waals surface area (Å²) in [4.78, 5) is 24.8. The molecule has 3 nitrogen and oxygen atoms in total. The van der Waals surface area contributed by atoms with Crippen LogP contribution in [0.3, 0.4) is 0 Å². The zero-order valence-electron chi connectivity index (χ0n) is 7.87. The molecule has 0 spiro atoms. The minimum Gasteiger partial charge on any atom is -0.269 e. The summed E-state index contributed by atoms with van der Waals surface area (Å²) in [6.45, 7) is 3.84. The number of rotatable bonds is 2. The van der Waals surface area contributed by atoms with E-state index < -0.39 is 0 Å². The van der Waals surface area contributed by atoms with Crippen LogP contribution in [-0.2, 0) is 0 Å². The van der Waals surface area contributed by atoms with Gasteiger partial charge in [-0.3, -0.25) is 14.5 Å². The molecular weight excluding hydrogens is 258 g/mol. The number of benzene rings is 1. The number of carbonyl (C=O) groups excluding carboxylic acids is 2. The van der Waals surface area contributed by atoms with E-state index >= 15 is 0 Å². The summed E-state index contributed by atoms with van der Waals surface area (Å²) in [6, 6.07) is 6.81. The Morgan fingerprint density at radius 1 is 1.20 bits per heavy atom. The molecule has 0 fully saturated rings. The maximum absolute atomic E-state index is 11.8. The molecule has 0 saturated heterocycles. The lowest BCUT2D eigenvalue weighted by atomic mass is 10.1. The normalized spacial score (nSPS) is 14.3. The standard InChI is InChI=1S/C11H8BrNO2/c1-7(12)6-13-10(14)8-4-2-3-5-9(8)11(13)15/h2-5H,1,6H2. The van der Waals surface area contributed by atoms with Crippen molar-refractivity contribution < 1.29 is 9.59 Å². The maximum atomic E-state index is 11.8. The molecule has 15 heavy (non-hydrogen) atoms. The van der Waals surface area contributed by atoms with Crippen molar-refractivity contribution in [3.05, 3.63) is 46.5 Å². The Hall–Kier alpha value is -1.42. The quantitative estimate of drug-likeness (QED) is 0.769. The van der Waals surface area contributed by atoms with Crippen LogP contribution in [-0.4, -0.2) is 23.3 Å². The largest absolute Gasteiger partial charge is 0.269 e. The molecule has 0 atom stereocenters. The highest BCUT2D eigenvalue weighted by Gasteiger charge is 2.34. The molecule has 1 aromatic rings. The van der Waals surface area contributed by atoms with Crippen LogP contribution >= 0.6 is 15.9 Å². The molecular formula is C11H8BrNO2. The van der Waals surface area contributed by atoms with Crippen LogP contribution in [0.2, 0.25) is 0 Å². The van der Waals surface area contributed by atoms with Gasteiger partial charge < -0.3 is 0 Å². The van der Waals surface area contributed by atoms with Crippen molar-refractivity contribution in [3.8, 4) is 0 Å². The van der Waals surface area contributed by atoms with E-state index in [2.05, 4.69) is 22.5 Å². The van der Waals surface area contributed by atoms with Gasteiger partial charge in [0, 0.05) is 4.48 Å².